The summed E-state index contributed by atoms with van der Waals surface area (Å²) in [5, 5.41) is 9.33. The monoisotopic (exact) mass is 336 g/mol. The molecule has 0 unspecified atom stereocenters. The Balaban J connectivity index is 1.58. The Morgan fingerprint density at radius 1 is 0.917 bits per heavy atom. The average molecular weight is 336 g/mol. The molecule has 1 heterocycles. The summed E-state index contributed by atoms with van der Waals surface area (Å²) < 4.78 is 38.3. The van der Waals surface area contributed by atoms with Gasteiger partial charge in [-0.05, 0) is 35.9 Å². The predicted octanol–water partition coefficient (Wildman–Crippen LogP) is 3.73. The lowest BCUT2D eigenvalue weighted by Crippen LogP contribution is -2.45. The van der Waals surface area contributed by atoms with E-state index in [1.54, 1.807) is 18.2 Å². The Labute approximate surface area is 138 Å². The van der Waals surface area contributed by atoms with Crippen LogP contribution in [0.4, 0.5) is 18.9 Å². The van der Waals surface area contributed by atoms with Crippen molar-refractivity contribution in [2.45, 2.75) is 12.7 Å². The molecule has 1 saturated heterocycles. The molecule has 24 heavy (non-hydrogen) atoms. The SMILES string of the molecule is Oc1ccc(N2CCN(Cc3cccc(C(F)(F)F)c3)CC2)cc1. The Kier molecular flexibility index (Phi) is 4.66. The van der Waals surface area contributed by atoms with E-state index < -0.39 is 11.7 Å². The van der Waals surface area contributed by atoms with Crippen molar-refractivity contribution >= 4 is 5.69 Å². The van der Waals surface area contributed by atoms with E-state index in [1.807, 2.05) is 12.1 Å². The smallest absolute Gasteiger partial charge is 0.416 e. The normalized spacial score (nSPS) is 16.4. The van der Waals surface area contributed by atoms with Gasteiger partial charge in [-0.15, -0.1) is 0 Å². The van der Waals surface area contributed by atoms with Crippen LogP contribution in [-0.2, 0) is 12.7 Å². The van der Waals surface area contributed by atoms with Crippen LogP contribution in [0.3, 0.4) is 0 Å². The molecule has 128 valence electrons. The summed E-state index contributed by atoms with van der Waals surface area (Å²) in [6, 6.07) is 12.6. The highest BCUT2D eigenvalue weighted by Crippen LogP contribution is 2.30. The average Bonchev–Trinajstić information content (AvgIpc) is 2.56. The summed E-state index contributed by atoms with van der Waals surface area (Å²) in [7, 11) is 0. The van der Waals surface area contributed by atoms with Gasteiger partial charge in [0.1, 0.15) is 5.75 Å². The Morgan fingerprint density at radius 3 is 2.21 bits per heavy atom. The first kappa shape index (κ1) is 16.6. The second-order valence-electron chi connectivity index (χ2n) is 5.98. The maximum absolute atomic E-state index is 12.8. The molecule has 3 rings (SSSR count). The number of nitrogens with zero attached hydrogens (tertiary/aromatic N) is 2. The fourth-order valence-corrected chi connectivity index (χ4v) is 2.93. The summed E-state index contributed by atoms with van der Waals surface area (Å²) in [5.74, 6) is 0.238. The second kappa shape index (κ2) is 6.73. The number of hydrogen-bond donors (Lipinski definition) is 1. The van der Waals surface area contributed by atoms with Gasteiger partial charge in [0, 0.05) is 38.4 Å². The van der Waals surface area contributed by atoms with Crippen LogP contribution in [0.5, 0.6) is 5.75 Å². The van der Waals surface area contributed by atoms with Crippen molar-refractivity contribution in [1.82, 2.24) is 4.90 Å². The zero-order valence-corrected chi connectivity index (χ0v) is 13.1. The summed E-state index contributed by atoms with van der Waals surface area (Å²) in [6.45, 7) is 3.72. The highest BCUT2D eigenvalue weighted by molar-refractivity contribution is 5.49. The van der Waals surface area contributed by atoms with E-state index in [1.165, 1.54) is 12.1 Å². The van der Waals surface area contributed by atoms with Gasteiger partial charge in [-0.25, -0.2) is 0 Å². The highest BCUT2D eigenvalue weighted by Gasteiger charge is 2.30. The molecular weight excluding hydrogens is 317 g/mol. The molecule has 1 N–H and O–H groups in total. The van der Waals surface area contributed by atoms with Gasteiger partial charge in [-0.3, -0.25) is 4.90 Å². The number of hydrogen-bond acceptors (Lipinski definition) is 3. The van der Waals surface area contributed by atoms with Crippen LogP contribution in [-0.4, -0.2) is 36.2 Å². The molecule has 0 aliphatic carbocycles. The van der Waals surface area contributed by atoms with Gasteiger partial charge in [0.15, 0.2) is 0 Å². The van der Waals surface area contributed by atoms with Gasteiger partial charge < -0.3 is 10.0 Å². The van der Waals surface area contributed by atoms with Crippen LogP contribution in [0.2, 0.25) is 0 Å². The van der Waals surface area contributed by atoms with E-state index >= 15 is 0 Å². The van der Waals surface area contributed by atoms with Gasteiger partial charge in [0.05, 0.1) is 5.56 Å². The minimum Gasteiger partial charge on any atom is -0.508 e. The van der Waals surface area contributed by atoms with Crippen molar-refractivity contribution in [3.63, 3.8) is 0 Å². The van der Waals surface area contributed by atoms with Crippen molar-refractivity contribution in [2.75, 3.05) is 31.1 Å². The predicted molar refractivity (Wildman–Crippen MR) is 87.0 cm³/mol. The fraction of sp³-hybridized carbons (Fsp3) is 0.333. The second-order valence-corrected chi connectivity index (χ2v) is 5.98. The van der Waals surface area contributed by atoms with Crippen molar-refractivity contribution in [3.8, 4) is 5.75 Å². The molecule has 0 radical (unpaired) electrons. The van der Waals surface area contributed by atoms with E-state index in [4.69, 9.17) is 0 Å². The number of aromatic hydroxyl groups is 1. The van der Waals surface area contributed by atoms with Crippen LogP contribution < -0.4 is 4.90 Å². The van der Waals surface area contributed by atoms with E-state index in [0.717, 1.165) is 37.9 Å². The van der Waals surface area contributed by atoms with Crippen LogP contribution in [0.15, 0.2) is 48.5 Å². The van der Waals surface area contributed by atoms with E-state index in [0.29, 0.717) is 12.1 Å². The summed E-state index contributed by atoms with van der Waals surface area (Å²) >= 11 is 0. The number of piperazine rings is 1. The first-order chi connectivity index (χ1) is 11.4. The Hall–Kier alpha value is -2.21. The van der Waals surface area contributed by atoms with Crippen LogP contribution in [0, 0.1) is 0 Å². The van der Waals surface area contributed by atoms with E-state index in [9.17, 15) is 18.3 Å². The summed E-state index contributed by atoms with van der Waals surface area (Å²) in [5.41, 5.74) is 1.14. The van der Waals surface area contributed by atoms with Gasteiger partial charge in [-0.1, -0.05) is 18.2 Å². The molecule has 0 amide bonds. The topological polar surface area (TPSA) is 26.7 Å². The maximum atomic E-state index is 12.8. The molecule has 0 atom stereocenters. The lowest BCUT2D eigenvalue weighted by atomic mass is 10.1. The minimum atomic E-state index is -4.30. The van der Waals surface area contributed by atoms with Crippen LogP contribution in [0.25, 0.3) is 0 Å². The first-order valence-corrected chi connectivity index (χ1v) is 7.84. The number of benzene rings is 2. The zero-order valence-electron chi connectivity index (χ0n) is 13.1. The van der Waals surface area contributed by atoms with E-state index in [-0.39, 0.29) is 5.75 Å². The molecule has 1 aliphatic rings. The molecule has 3 nitrogen and oxygen atoms in total. The molecule has 0 saturated carbocycles. The lowest BCUT2D eigenvalue weighted by molar-refractivity contribution is -0.137. The van der Waals surface area contributed by atoms with Crippen LogP contribution >= 0.6 is 0 Å². The number of anilines is 1. The molecule has 0 spiro atoms. The third kappa shape index (κ3) is 4.00. The standard InChI is InChI=1S/C18H19F3N2O/c19-18(20,21)15-3-1-2-14(12-15)13-22-8-10-23(11-9-22)16-4-6-17(24)7-5-16/h1-7,12,24H,8-11,13H2. The van der Waals surface area contributed by atoms with Crippen LogP contribution in [0.1, 0.15) is 11.1 Å². The zero-order chi connectivity index (χ0) is 17.2. The number of phenolic OH excluding ortho intramolecular Hbond substituents is 1. The van der Waals surface area contributed by atoms with Gasteiger partial charge >= 0.3 is 6.18 Å². The molecule has 2 aromatic rings. The van der Waals surface area contributed by atoms with Crippen molar-refractivity contribution < 1.29 is 18.3 Å². The van der Waals surface area contributed by atoms with Crippen molar-refractivity contribution in [1.29, 1.82) is 0 Å². The Bertz CT molecular complexity index is 677. The third-order valence-corrected chi connectivity index (χ3v) is 4.25. The fourth-order valence-electron chi connectivity index (χ4n) is 2.93. The molecule has 2 aromatic carbocycles. The van der Waals surface area contributed by atoms with Gasteiger partial charge in [0.2, 0.25) is 0 Å². The molecule has 1 fully saturated rings. The Morgan fingerprint density at radius 2 is 1.58 bits per heavy atom. The quantitative estimate of drug-likeness (QED) is 0.925. The maximum Gasteiger partial charge on any atom is 0.416 e. The summed E-state index contributed by atoms with van der Waals surface area (Å²) in [6.07, 6.45) is -4.30. The number of rotatable bonds is 3. The molecular formula is C18H19F3N2O. The number of halogens is 3. The van der Waals surface area contributed by atoms with Gasteiger partial charge in [-0.2, -0.15) is 13.2 Å². The highest BCUT2D eigenvalue weighted by atomic mass is 19.4. The number of alkyl halides is 3. The minimum absolute atomic E-state index is 0.238. The largest absolute Gasteiger partial charge is 0.508 e. The number of phenols is 1. The van der Waals surface area contributed by atoms with Gasteiger partial charge in [0.25, 0.3) is 0 Å². The van der Waals surface area contributed by atoms with Crippen molar-refractivity contribution in [2.24, 2.45) is 0 Å². The van der Waals surface area contributed by atoms with Crippen molar-refractivity contribution in [3.05, 3.63) is 59.7 Å². The molecule has 1 aliphatic heterocycles. The van der Waals surface area contributed by atoms with E-state index in [2.05, 4.69) is 9.80 Å². The summed E-state index contributed by atoms with van der Waals surface area (Å²) in [4.78, 5) is 4.37. The first-order valence-electron chi connectivity index (χ1n) is 7.84. The molecule has 0 bridgehead atoms. The third-order valence-electron chi connectivity index (χ3n) is 4.25. The molecule has 6 heteroatoms. The lowest BCUT2D eigenvalue weighted by Gasteiger charge is -2.36. The molecule has 0 aromatic heterocycles.